The highest BCUT2D eigenvalue weighted by Crippen LogP contribution is 2.27. The van der Waals surface area contributed by atoms with E-state index in [-0.39, 0.29) is 0 Å². The van der Waals surface area contributed by atoms with E-state index in [9.17, 15) is 13.2 Å². The van der Waals surface area contributed by atoms with Crippen LogP contribution in [0.1, 0.15) is 38.8 Å². The molecule has 0 amide bonds. The number of hydrogen-bond acceptors (Lipinski definition) is 2. The first-order chi connectivity index (χ1) is 8.39. The maximum atomic E-state index is 12.3. The maximum absolute atomic E-state index is 12.3. The summed E-state index contributed by atoms with van der Waals surface area (Å²) in [6.07, 6.45) is -0.0904. The zero-order chi connectivity index (χ0) is 13.6. The largest absolute Gasteiger partial charge is 0.435 e. The quantitative estimate of drug-likeness (QED) is 0.766. The summed E-state index contributed by atoms with van der Waals surface area (Å²) in [5.74, 6) is 0. The molecule has 0 atom stereocenters. The Balaban J connectivity index is 2.18. The first-order valence-corrected chi connectivity index (χ1v) is 6.23. The van der Waals surface area contributed by atoms with Crippen molar-refractivity contribution in [1.82, 2.24) is 15.1 Å². The highest BCUT2D eigenvalue weighted by molar-refractivity contribution is 5.03. The predicted molar refractivity (Wildman–Crippen MR) is 64.2 cm³/mol. The van der Waals surface area contributed by atoms with E-state index in [0.29, 0.717) is 12.6 Å². The molecule has 0 aliphatic rings. The fourth-order valence-corrected chi connectivity index (χ4v) is 1.60. The molecule has 3 nitrogen and oxygen atoms in total. The number of hydrogen-bond donors (Lipinski definition) is 1. The molecule has 6 heteroatoms. The number of nitrogens with zero attached hydrogens (tertiary/aromatic N) is 2. The fraction of sp³-hybridized carbons (Fsp3) is 0.750. The third kappa shape index (κ3) is 5.53. The van der Waals surface area contributed by atoms with Crippen LogP contribution in [0.15, 0.2) is 12.3 Å². The molecule has 0 saturated heterocycles. The van der Waals surface area contributed by atoms with Crippen molar-refractivity contribution < 1.29 is 13.2 Å². The molecule has 0 aromatic carbocycles. The molecule has 0 unspecified atom stereocenters. The molecule has 1 aromatic heterocycles. The summed E-state index contributed by atoms with van der Waals surface area (Å²) >= 11 is 0. The van der Waals surface area contributed by atoms with Gasteiger partial charge < -0.3 is 5.32 Å². The van der Waals surface area contributed by atoms with Crippen molar-refractivity contribution >= 4 is 0 Å². The van der Waals surface area contributed by atoms with E-state index in [1.807, 2.05) is 0 Å². The fourth-order valence-electron chi connectivity index (χ4n) is 1.60. The lowest BCUT2D eigenvalue weighted by Gasteiger charge is -2.07. The number of unbranched alkanes of at least 4 members (excludes halogenated alkanes) is 2. The molecule has 0 bridgehead atoms. The zero-order valence-electron chi connectivity index (χ0n) is 10.8. The van der Waals surface area contributed by atoms with Crippen LogP contribution in [0, 0.1) is 0 Å². The van der Waals surface area contributed by atoms with Crippen molar-refractivity contribution in [2.75, 3.05) is 6.54 Å². The van der Waals surface area contributed by atoms with E-state index in [2.05, 4.69) is 24.3 Å². The first kappa shape index (κ1) is 15.0. The zero-order valence-corrected chi connectivity index (χ0v) is 10.8. The van der Waals surface area contributed by atoms with Gasteiger partial charge in [0, 0.05) is 18.8 Å². The Labute approximate surface area is 105 Å². The van der Waals surface area contributed by atoms with Crippen molar-refractivity contribution in [1.29, 1.82) is 0 Å². The second kappa shape index (κ2) is 6.78. The second-order valence-electron chi connectivity index (χ2n) is 4.63. The van der Waals surface area contributed by atoms with Crippen molar-refractivity contribution in [3.8, 4) is 0 Å². The Hall–Kier alpha value is -1.04. The van der Waals surface area contributed by atoms with Crippen molar-refractivity contribution in [2.24, 2.45) is 0 Å². The Bertz CT molecular complexity index is 345. The van der Waals surface area contributed by atoms with E-state index in [0.717, 1.165) is 31.9 Å². The molecule has 1 N–H and O–H groups in total. The lowest BCUT2D eigenvalue weighted by molar-refractivity contribution is -0.141. The van der Waals surface area contributed by atoms with Gasteiger partial charge in [-0.25, -0.2) is 0 Å². The predicted octanol–water partition coefficient (Wildman–Crippen LogP) is 3.07. The Morgan fingerprint density at radius 1 is 1.28 bits per heavy atom. The first-order valence-electron chi connectivity index (χ1n) is 6.23. The van der Waals surface area contributed by atoms with Crippen molar-refractivity contribution in [3.63, 3.8) is 0 Å². The molecular weight excluding hydrogens is 243 g/mol. The minimum Gasteiger partial charge on any atom is -0.315 e. The van der Waals surface area contributed by atoms with Crippen LogP contribution < -0.4 is 5.32 Å². The minimum absolute atomic E-state index is 0.477. The Morgan fingerprint density at radius 3 is 2.56 bits per heavy atom. The number of rotatable bonds is 7. The molecule has 0 aliphatic heterocycles. The van der Waals surface area contributed by atoms with Crippen LogP contribution in [-0.4, -0.2) is 22.4 Å². The van der Waals surface area contributed by atoms with Gasteiger partial charge in [-0.2, -0.15) is 18.3 Å². The summed E-state index contributed by atoms with van der Waals surface area (Å²) in [6, 6.07) is 1.49. The average molecular weight is 263 g/mol. The summed E-state index contributed by atoms with van der Waals surface area (Å²) in [4.78, 5) is 0. The molecule has 1 heterocycles. The van der Waals surface area contributed by atoms with Crippen LogP contribution >= 0.6 is 0 Å². The molecule has 0 aliphatic carbocycles. The molecular formula is C12H20F3N3. The van der Waals surface area contributed by atoms with Crippen LogP contribution in [0.5, 0.6) is 0 Å². The monoisotopic (exact) mass is 263 g/mol. The van der Waals surface area contributed by atoms with Crippen LogP contribution in [0.25, 0.3) is 0 Å². The molecule has 1 aromatic rings. The summed E-state index contributed by atoms with van der Waals surface area (Å²) in [5, 5.41) is 6.80. The SMILES string of the molecule is CC(C)NCCCCCn1ccc(C(F)(F)F)n1. The second-order valence-corrected chi connectivity index (χ2v) is 4.63. The average Bonchev–Trinajstić information content (AvgIpc) is 2.71. The minimum atomic E-state index is -4.34. The van der Waals surface area contributed by atoms with E-state index < -0.39 is 11.9 Å². The van der Waals surface area contributed by atoms with Gasteiger partial charge in [0.1, 0.15) is 0 Å². The lowest BCUT2D eigenvalue weighted by Crippen LogP contribution is -2.23. The Morgan fingerprint density at radius 2 is 2.00 bits per heavy atom. The van der Waals surface area contributed by atoms with Gasteiger partial charge in [0.2, 0.25) is 0 Å². The van der Waals surface area contributed by atoms with Gasteiger partial charge in [-0.15, -0.1) is 0 Å². The summed E-state index contributed by atoms with van der Waals surface area (Å²) < 4.78 is 38.2. The molecule has 18 heavy (non-hydrogen) atoms. The van der Waals surface area contributed by atoms with Gasteiger partial charge in [-0.3, -0.25) is 4.68 Å². The van der Waals surface area contributed by atoms with Crippen LogP contribution in [0.3, 0.4) is 0 Å². The van der Waals surface area contributed by atoms with Crippen LogP contribution in [0.2, 0.25) is 0 Å². The number of aryl methyl sites for hydroxylation is 1. The highest BCUT2D eigenvalue weighted by Gasteiger charge is 2.33. The molecule has 1 rings (SSSR count). The van der Waals surface area contributed by atoms with Gasteiger partial charge >= 0.3 is 6.18 Å². The van der Waals surface area contributed by atoms with Crippen LogP contribution in [-0.2, 0) is 12.7 Å². The topological polar surface area (TPSA) is 29.9 Å². The van der Waals surface area contributed by atoms with E-state index >= 15 is 0 Å². The van der Waals surface area contributed by atoms with Crippen molar-refractivity contribution in [2.45, 2.75) is 51.9 Å². The van der Waals surface area contributed by atoms with Crippen LogP contribution in [0.4, 0.5) is 13.2 Å². The van der Waals surface area contributed by atoms with E-state index in [1.165, 1.54) is 10.9 Å². The molecule has 0 radical (unpaired) electrons. The van der Waals surface area contributed by atoms with E-state index in [4.69, 9.17) is 0 Å². The summed E-state index contributed by atoms with van der Waals surface area (Å²) in [7, 11) is 0. The number of alkyl halides is 3. The summed E-state index contributed by atoms with van der Waals surface area (Å²) in [6.45, 7) is 5.66. The summed E-state index contributed by atoms with van der Waals surface area (Å²) in [5.41, 5.74) is -0.816. The van der Waals surface area contributed by atoms with Gasteiger partial charge in [-0.05, 0) is 25.5 Å². The maximum Gasteiger partial charge on any atom is 0.435 e. The molecule has 0 saturated carbocycles. The standard InChI is InChI=1S/C12H20F3N3/c1-10(2)16-7-4-3-5-8-18-9-6-11(17-18)12(13,14)15/h6,9-10,16H,3-5,7-8H2,1-2H3. The smallest absolute Gasteiger partial charge is 0.315 e. The van der Waals surface area contributed by atoms with Gasteiger partial charge in [-0.1, -0.05) is 20.3 Å². The van der Waals surface area contributed by atoms with Gasteiger partial charge in [0.05, 0.1) is 0 Å². The number of nitrogens with one attached hydrogen (secondary N) is 1. The van der Waals surface area contributed by atoms with E-state index in [1.54, 1.807) is 0 Å². The van der Waals surface area contributed by atoms with Crippen molar-refractivity contribution in [3.05, 3.63) is 18.0 Å². The third-order valence-electron chi connectivity index (χ3n) is 2.55. The van der Waals surface area contributed by atoms with Gasteiger partial charge in [0.25, 0.3) is 0 Å². The lowest BCUT2D eigenvalue weighted by atomic mass is 10.2. The number of halogens is 3. The normalized spacial score (nSPS) is 12.3. The van der Waals surface area contributed by atoms with Gasteiger partial charge in [0.15, 0.2) is 5.69 Å². The molecule has 104 valence electrons. The molecule has 0 spiro atoms. The highest BCUT2D eigenvalue weighted by atomic mass is 19.4. The third-order valence-corrected chi connectivity index (χ3v) is 2.55. The molecule has 0 fully saturated rings. The number of aromatic nitrogens is 2. The Kier molecular flexibility index (Phi) is 5.65.